The molecule has 0 atom stereocenters. The summed E-state index contributed by atoms with van der Waals surface area (Å²) in [6.07, 6.45) is 0. The summed E-state index contributed by atoms with van der Waals surface area (Å²) in [4.78, 5) is 44.7. The predicted molar refractivity (Wildman–Crippen MR) is 145 cm³/mol. The van der Waals surface area contributed by atoms with Crippen LogP contribution in [0, 0.1) is 0 Å². The lowest BCUT2D eigenvalue weighted by Crippen LogP contribution is -2.55. The lowest BCUT2D eigenvalue weighted by atomic mass is 10.1. The van der Waals surface area contributed by atoms with Crippen LogP contribution in [0.2, 0.25) is 5.02 Å². The van der Waals surface area contributed by atoms with Crippen LogP contribution in [-0.2, 0) is 4.74 Å². The molecule has 0 bridgehead atoms. The molecule has 2 heterocycles. The van der Waals surface area contributed by atoms with Crippen LogP contribution in [0.3, 0.4) is 0 Å². The second kappa shape index (κ2) is 11.4. The van der Waals surface area contributed by atoms with Gasteiger partial charge >= 0.3 is 6.03 Å². The fourth-order valence-corrected chi connectivity index (χ4v) is 4.48. The van der Waals surface area contributed by atoms with Crippen LogP contribution in [-0.4, -0.2) is 85.7 Å². The van der Waals surface area contributed by atoms with E-state index >= 15 is 0 Å². The van der Waals surface area contributed by atoms with Crippen LogP contribution in [0.1, 0.15) is 41.5 Å². The number of benzene rings is 2. The van der Waals surface area contributed by atoms with Gasteiger partial charge < -0.3 is 30.1 Å². The molecule has 2 N–H and O–H groups in total. The minimum Gasteiger partial charge on any atom is -0.378 e. The van der Waals surface area contributed by atoms with Crippen LogP contribution in [0.25, 0.3) is 0 Å². The first kappa shape index (κ1) is 26.8. The van der Waals surface area contributed by atoms with Gasteiger partial charge in [-0.2, -0.15) is 0 Å². The van der Waals surface area contributed by atoms with Gasteiger partial charge in [0, 0.05) is 66.8 Å². The molecule has 198 valence electrons. The van der Waals surface area contributed by atoms with Crippen molar-refractivity contribution in [1.29, 1.82) is 0 Å². The summed E-state index contributed by atoms with van der Waals surface area (Å²) < 4.78 is 5.42. The SMILES string of the molecule is CC(C)(C)NC(=O)N1CCN(c2ccc(NC(=O)c3ccc(Cl)cc3)cc2C(=O)N2CCOCC2)CC1. The Labute approximate surface area is 222 Å². The summed E-state index contributed by atoms with van der Waals surface area (Å²) in [5.74, 6) is -0.388. The first-order chi connectivity index (χ1) is 17.6. The number of amides is 4. The summed E-state index contributed by atoms with van der Waals surface area (Å²) in [5, 5.41) is 6.45. The van der Waals surface area contributed by atoms with Gasteiger partial charge in [-0.3, -0.25) is 9.59 Å². The third kappa shape index (κ3) is 6.93. The number of nitrogens with one attached hydrogen (secondary N) is 2. The van der Waals surface area contributed by atoms with Gasteiger partial charge in [0.1, 0.15) is 0 Å². The van der Waals surface area contributed by atoms with Crippen molar-refractivity contribution in [3.63, 3.8) is 0 Å². The molecule has 0 aromatic heterocycles. The number of piperazine rings is 1. The molecule has 0 saturated carbocycles. The van der Waals surface area contributed by atoms with Crippen LogP contribution in [0.4, 0.5) is 16.2 Å². The number of carbonyl (C=O) groups excluding carboxylic acids is 3. The lowest BCUT2D eigenvalue weighted by Gasteiger charge is -2.38. The zero-order valence-electron chi connectivity index (χ0n) is 21.6. The molecule has 2 aromatic carbocycles. The zero-order valence-corrected chi connectivity index (χ0v) is 22.3. The van der Waals surface area contributed by atoms with E-state index in [1.807, 2.05) is 26.8 Å². The third-order valence-corrected chi connectivity index (χ3v) is 6.53. The summed E-state index contributed by atoms with van der Waals surface area (Å²) in [5.41, 5.74) is 2.00. The number of morpholine rings is 1. The first-order valence-electron chi connectivity index (χ1n) is 12.5. The maximum absolute atomic E-state index is 13.6. The van der Waals surface area contributed by atoms with Crippen molar-refractivity contribution >= 4 is 40.8 Å². The number of hydrogen-bond donors (Lipinski definition) is 2. The number of anilines is 2. The fraction of sp³-hybridized carbons (Fsp3) is 0.444. The minimum absolute atomic E-state index is 0.0861. The predicted octanol–water partition coefficient (Wildman–Crippen LogP) is 3.69. The number of carbonyl (C=O) groups is 3. The van der Waals surface area contributed by atoms with Crippen molar-refractivity contribution in [2.24, 2.45) is 0 Å². The van der Waals surface area contributed by atoms with E-state index in [1.54, 1.807) is 46.2 Å². The molecule has 4 rings (SSSR count). The second-order valence-corrected chi connectivity index (χ2v) is 10.7. The summed E-state index contributed by atoms with van der Waals surface area (Å²) >= 11 is 5.94. The smallest absolute Gasteiger partial charge is 0.317 e. The Morgan fingerprint density at radius 2 is 1.51 bits per heavy atom. The maximum atomic E-state index is 13.6. The average Bonchev–Trinajstić information content (AvgIpc) is 2.88. The highest BCUT2D eigenvalue weighted by atomic mass is 35.5. The Morgan fingerprint density at radius 3 is 2.14 bits per heavy atom. The molecule has 2 saturated heterocycles. The highest BCUT2D eigenvalue weighted by molar-refractivity contribution is 6.30. The Balaban J connectivity index is 1.54. The van der Waals surface area contributed by atoms with E-state index in [0.717, 1.165) is 5.69 Å². The van der Waals surface area contributed by atoms with Gasteiger partial charge in [0.05, 0.1) is 18.8 Å². The Hall–Kier alpha value is -3.30. The number of nitrogens with zero attached hydrogens (tertiary/aromatic N) is 3. The molecule has 2 fully saturated rings. The van der Waals surface area contributed by atoms with Gasteiger partial charge in [-0.25, -0.2) is 4.79 Å². The quantitative estimate of drug-likeness (QED) is 0.632. The normalized spacial score (nSPS) is 16.4. The molecule has 37 heavy (non-hydrogen) atoms. The van der Waals surface area contributed by atoms with Gasteiger partial charge in [0.2, 0.25) is 0 Å². The number of hydrogen-bond acceptors (Lipinski definition) is 5. The standard InChI is InChI=1S/C27H34ClN5O4/c1-27(2,3)30-26(36)33-12-10-31(11-13-33)23-9-8-21(29-24(34)19-4-6-20(28)7-5-19)18-22(23)25(35)32-14-16-37-17-15-32/h4-9,18H,10-17H2,1-3H3,(H,29,34)(H,30,36). The monoisotopic (exact) mass is 527 g/mol. The number of urea groups is 1. The molecule has 0 aliphatic carbocycles. The van der Waals surface area contributed by atoms with E-state index in [1.165, 1.54) is 0 Å². The Kier molecular flexibility index (Phi) is 8.24. The highest BCUT2D eigenvalue weighted by Crippen LogP contribution is 2.28. The average molecular weight is 528 g/mol. The lowest BCUT2D eigenvalue weighted by molar-refractivity contribution is 0.0303. The highest BCUT2D eigenvalue weighted by Gasteiger charge is 2.28. The zero-order chi connectivity index (χ0) is 26.6. The molecule has 10 heteroatoms. The molecule has 0 radical (unpaired) electrons. The molecule has 0 unspecified atom stereocenters. The van der Waals surface area contributed by atoms with Crippen molar-refractivity contribution in [3.8, 4) is 0 Å². The molecule has 2 aromatic rings. The Morgan fingerprint density at radius 1 is 0.865 bits per heavy atom. The second-order valence-electron chi connectivity index (χ2n) is 10.3. The van der Waals surface area contributed by atoms with E-state index < -0.39 is 0 Å². The maximum Gasteiger partial charge on any atom is 0.317 e. The largest absolute Gasteiger partial charge is 0.378 e. The van der Waals surface area contributed by atoms with E-state index in [4.69, 9.17) is 16.3 Å². The van der Waals surface area contributed by atoms with E-state index in [2.05, 4.69) is 15.5 Å². The number of rotatable bonds is 4. The van der Waals surface area contributed by atoms with Gasteiger partial charge in [0.15, 0.2) is 0 Å². The van der Waals surface area contributed by atoms with Crippen LogP contribution in [0.15, 0.2) is 42.5 Å². The summed E-state index contributed by atoms with van der Waals surface area (Å²) in [6.45, 7) is 10.2. The van der Waals surface area contributed by atoms with Gasteiger partial charge in [-0.1, -0.05) is 11.6 Å². The van der Waals surface area contributed by atoms with Crippen molar-refractivity contribution in [2.75, 3.05) is 62.7 Å². The van der Waals surface area contributed by atoms with Crippen LogP contribution < -0.4 is 15.5 Å². The molecule has 0 spiro atoms. The Bertz CT molecular complexity index is 1130. The summed E-state index contributed by atoms with van der Waals surface area (Å²) in [7, 11) is 0. The van der Waals surface area contributed by atoms with Crippen molar-refractivity contribution in [3.05, 3.63) is 58.6 Å². The van der Waals surface area contributed by atoms with Crippen molar-refractivity contribution in [2.45, 2.75) is 26.3 Å². The fourth-order valence-electron chi connectivity index (χ4n) is 4.35. The number of halogens is 1. The third-order valence-electron chi connectivity index (χ3n) is 6.28. The molecule has 9 nitrogen and oxygen atoms in total. The topological polar surface area (TPSA) is 94.2 Å². The molecular weight excluding hydrogens is 494 g/mol. The van der Waals surface area contributed by atoms with Gasteiger partial charge in [-0.15, -0.1) is 0 Å². The van der Waals surface area contributed by atoms with Crippen molar-refractivity contribution < 1.29 is 19.1 Å². The van der Waals surface area contributed by atoms with Crippen LogP contribution in [0.5, 0.6) is 0 Å². The summed E-state index contributed by atoms with van der Waals surface area (Å²) in [6, 6.07) is 12.0. The molecule has 2 aliphatic rings. The molecule has 2 aliphatic heterocycles. The van der Waals surface area contributed by atoms with Crippen molar-refractivity contribution in [1.82, 2.24) is 15.1 Å². The molecule has 4 amide bonds. The van der Waals surface area contributed by atoms with Gasteiger partial charge in [0.25, 0.3) is 11.8 Å². The van der Waals surface area contributed by atoms with Crippen LogP contribution >= 0.6 is 11.6 Å². The van der Waals surface area contributed by atoms with E-state index in [0.29, 0.717) is 74.3 Å². The van der Waals surface area contributed by atoms with Gasteiger partial charge in [-0.05, 0) is 63.2 Å². The number of ether oxygens (including phenoxy) is 1. The van der Waals surface area contributed by atoms with E-state index in [9.17, 15) is 14.4 Å². The minimum atomic E-state index is -0.307. The van der Waals surface area contributed by atoms with E-state index in [-0.39, 0.29) is 23.4 Å². The molecular formula is C27H34ClN5O4. The first-order valence-corrected chi connectivity index (χ1v) is 12.9.